The first kappa shape index (κ1) is 15.4. The molecule has 2 aromatic carbocycles. The van der Waals surface area contributed by atoms with Crippen molar-refractivity contribution >= 4 is 11.9 Å². The van der Waals surface area contributed by atoms with Crippen LogP contribution in [0.25, 0.3) is 0 Å². The Labute approximate surface area is 137 Å². The van der Waals surface area contributed by atoms with Crippen molar-refractivity contribution in [3.05, 3.63) is 60.2 Å². The van der Waals surface area contributed by atoms with Crippen molar-refractivity contribution < 1.29 is 4.74 Å². The molecule has 0 amide bonds. The zero-order valence-electron chi connectivity index (χ0n) is 13.5. The van der Waals surface area contributed by atoms with Crippen LogP contribution in [0.15, 0.2) is 59.5 Å². The minimum Gasteiger partial charge on any atom is -0.487 e. The standard InChI is InChI=1S/C19H23NOS/c1-19(2,3)17-11-7-8-12-18(17)21-15-13-20(14-15)22-16-9-5-4-6-10-16/h4-12,15H,13-14H2,1-3H3. The van der Waals surface area contributed by atoms with E-state index in [1.165, 1.54) is 10.5 Å². The van der Waals surface area contributed by atoms with Gasteiger partial charge in [-0.15, -0.1) is 0 Å². The van der Waals surface area contributed by atoms with Gasteiger partial charge in [-0.2, -0.15) is 0 Å². The van der Waals surface area contributed by atoms with Crippen molar-refractivity contribution in [2.24, 2.45) is 0 Å². The average Bonchev–Trinajstić information content (AvgIpc) is 2.45. The lowest BCUT2D eigenvalue weighted by molar-refractivity contribution is 0.0819. The first-order valence-electron chi connectivity index (χ1n) is 7.76. The molecule has 2 aromatic rings. The van der Waals surface area contributed by atoms with Gasteiger partial charge in [0.2, 0.25) is 0 Å². The third-order valence-corrected chi connectivity index (χ3v) is 4.82. The molecule has 0 bridgehead atoms. The smallest absolute Gasteiger partial charge is 0.126 e. The van der Waals surface area contributed by atoms with Crippen LogP contribution in [0.4, 0.5) is 0 Å². The molecule has 0 atom stereocenters. The van der Waals surface area contributed by atoms with Crippen LogP contribution in [0, 0.1) is 0 Å². The van der Waals surface area contributed by atoms with Gasteiger partial charge < -0.3 is 4.74 Å². The molecule has 0 unspecified atom stereocenters. The second-order valence-corrected chi connectivity index (χ2v) is 7.91. The number of hydrogen-bond acceptors (Lipinski definition) is 3. The van der Waals surface area contributed by atoms with Gasteiger partial charge in [0.05, 0.1) is 0 Å². The second-order valence-electron chi connectivity index (χ2n) is 6.74. The molecule has 2 nitrogen and oxygen atoms in total. The lowest BCUT2D eigenvalue weighted by Gasteiger charge is -2.38. The third kappa shape index (κ3) is 3.65. The van der Waals surface area contributed by atoms with E-state index in [0.717, 1.165) is 18.8 Å². The van der Waals surface area contributed by atoms with Crippen molar-refractivity contribution in [3.8, 4) is 5.75 Å². The highest BCUT2D eigenvalue weighted by molar-refractivity contribution is 7.97. The molecule has 1 fully saturated rings. The van der Waals surface area contributed by atoms with E-state index in [1.54, 1.807) is 0 Å². The first-order chi connectivity index (χ1) is 10.5. The minimum absolute atomic E-state index is 0.110. The topological polar surface area (TPSA) is 12.5 Å². The molecule has 3 heteroatoms. The number of nitrogens with zero attached hydrogens (tertiary/aromatic N) is 1. The van der Waals surface area contributed by atoms with Gasteiger partial charge >= 0.3 is 0 Å². The largest absolute Gasteiger partial charge is 0.487 e. The fraction of sp³-hybridized carbons (Fsp3) is 0.368. The summed E-state index contributed by atoms with van der Waals surface area (Å²) in [6, 6.07) is 18.9. The molecule has 0 radical (unpaired) electrons. The zero-order chi connectivity index (χ0) is 15.6. The number of para-hydroxylation sites is 1. The molecule has 0 spiro atoms. The average molecular weight is 313 g/mol. The van der Waals surface area contributed by atoms with E-state index in [0.29, 0.717) is 6.10 Å². The predicted octanol–water partition coefficient (Wildman–Crippen LogP) is 4.75. The Morgan fingerprint density at radius 2 is 1.59 bits per heavy atom. The summed E-state index contributed by atoms with van der Waals surface area (Å²) in [5, 5.41) is 0. The highest BCUT2D eigenvalue weighted by atomic mass is 32.2. The summed E-state index contributed by atoms with van der Waals surface area (Å²) in [6.07, 6.45) is 0.291. The van der Waals surface area contributed by atoms with E-state index < -0.39 is 0 Å². The Morgan fingerprint density at radius 1 is 0.955 bits per heavy atom. The monoisotopic (exact) mass is 313 g/mol. The van der Waals surface area contributed by atoms with Crippen LogP contribution in [0.2, 0.25) is 0 Å². The Balaban J connectivity index is 1.57. The van der Waals surface area contributed by atoms with Gasteiger partial charge in [0.1, 0.15) is 11.9 Å². The number of rotatable bonds is 4. The first-order valence-corrected chi connectivity index (χ1v) is 8.54. The molecule has 1 aliphatic rings. The summed E-state index contributed by atoms with van der Waals surface area (Å²) in [4.78, 5) is 1.29. The maximum Gasteiger partial charge on any atom is 0.126 e. The minimum atomic E-state index is 0.110. The van der Waals surface area contributed by atoms with E-state index in [2.05, 4.69) is 79.7 Å². The zero-order valence-corrected chi connectivity index (χ0v) is 14.3. The summed E-state index contributed by atoms with van der Waals surface area (Å²) >= 11 is 1.81. The van der Waals surface area contributed by atoms with Gasteiger partial charge in [-0.1, -0.05) is 57.2 Å². The fourth-order valence-corrected chi connectivity index (χ4v) is 3.61. The van der Waals surface area contributed by atoms with E-state index in [1.807, 2.05) is 11.9 Å². The van der Waals surface area contributed by atoms with Gasteiger partial charge in [-0.05, 0) is 41.1 Å². The summed E-state index contributed by atoms with van der Waals surface area (Å²) in [7, 11) is 0. The fourth-order valence-electron chi connectivity index (χ4n) is 2.55. The summed E-state index contributed by atoms with van der Waals surface area (Å²) in [6.45, 7) is 8.63. The molecule has 22 heavy (non-hydrogen) atoms. The molecular weight excluding hydrogens is 290 g/mol. The lowest BCUT2D eigenvalue weighted by Crippen LogP contribution is -2.50. The van der Waals surface area contributed by atoms with Gasteiger partial charge in [-0.3, -0.25) is 0 Å². The highest BCUT2D eigenvalue weighted by Crippen LogP contribution is 2.34. The summed E-state index contributed by atoms with van der Waals surface area (Å²) < 4.78 is 8.57. The Bertz CT molecular complexity index is 615. The normalized spacial score (nSPS) is 16.3. The molecule has 3 rings (SSSR count). The number of benzene rings is 2. The molecule has 1 heterocycles. The summed E-state index contributed by atoms with van der Waals surface area (Å²) in [5.74, 6) is 1.03. The van der Waals surface area contributed by atoms with Crippen molar-refractivity contribution in [1.29, 1.82) is 0 Å². The Hall–Kier alpha value is -1.45. The van der Waals surface area contributed by atoms with E-state index in [-0.39, 0.29) is 5.41 Å². The molecule has 1 saturated heterocycles. The number of hydrogen-bond donors (Lipinski definition) is 0. The maximum atomic E-state index is 6.22. The predicted molar refractivity (Wildman–Crippen MR) is 93.4 cm³/mol. The van der Waals surface area contributed by atoms with E-state index >= 15 is 0 Å². The third-order valence-electron chi connectivity index (χ3n) is 3.78. The Kier molecular flexibility index (Phi) is 4.46. The van der Waals surface area contributed by atoms with Gasteiger partial charge in [0.25, 0.3) is 0 Å². The van der Waals surface area contributed by atoms with Gasteiger partial charge in [0, 0.05) is 18.0 Å². The van der Waals surface area contributed by atoms with Crippen molar-refractivity contribution in [2.45, 2.75) is 37.2 Å². The highest BCUT2D eigenvalue weighted by Gasteiger charge is 2.30. The lowest BCUT2D eigenvalue weighted by atomic mass is 9.86. The molecule has 0 saturated carbocycles. The molecule has 0 aliphatic carbocycles. The number of ether oxygens (including phenoxy) is 1. The van der Waals surface area contributed by atoms with Crippen LogP contribution >= 0.6 is 11.9 Å². The molecule has 116 valence electrons. The van der Waals surface area contributed by atoms with Crippen molar-refractivity contribution in [2.75, 3.05) is 13.1 Å². The van der Waals surface area contributed by atoms with Gasteiger partial charge in [-0.25, -0.2) is 4.31 Å². The van der Waals surface area contributed by atoms with Crippen molar-refractivity contribution in [1.82, 2.24) is 4.31 Å². The van der Waals surface area contributed by atoms with Crippen LogP contribution in [-0.2, 0) is 5.41 Å². The second kappa shape index (κ2) is 6.35. The van der Waals surface area contributed by atoms with E-state index in [9.17, 15) is 0 Å². The van der Waals surface area contributed by atoms with Crippen molar-refractivity contribution in [3.63, 3.8) is 0 Å². The van der Waals surface area contributed by atoms with E-state index in [4.69, 9.17) is 4.74 Å². The molecule has 0 N–H and O–H groups in total. The molecule has 0 aromatic heterocycles. The quantitative estimate of drug-likeness (QED) is 0.756. The van der Waals surface area contributed by atoms with Crippen LogP contribution < -0.4 is 4.74 Å². The SMILES string of the molecule is CC(C)(C)c1ccccc1OC1CN(Sc2ccccc2)C1. The van der Waals surface area contributed by atoms with Crippen LogP contribution in [0.5, 0.6) is 5.75 Å². The summed E-state index contributed by atoms with van der Waals surface area (Å²) in [5.41, 5.74) is 1.39. The van der Waals surface area contributed by atoms with Crippen LogP contribution in [0.3, 0.4) is 0 Å². The molecule has 1 aliphatic heterocycles. The maximum absolute atomic E-state index is 6.22. The van der Waals surface area contributed by atoms with Gasteiger partial charge in [0.15, 0.2) is 0 Å². The Morgan fingerprint density at radius 3 is 2.27 bits per heavy atom. The molecular formula is C19H23NOS. The van der Waals surface area contributed by atoms with Crippen LogP contribution in [-0.4, -0.2) is 23.5 Å². The van der Waals surface area contributed by atoms with Crippen LogP contribution in [0.1, 0.15) is 26.3 Å².